The Hall–Kier alpha value is -1.09. The average Bonchev–Trinajstić information content (AvgIpc) is 2.54. The van der Waals surface area contributed by atoms with Crippen LogP contribution < -0.4 is 5.32 Å². The van der Waals surface area contributed by atoms with Gasteiger partial charge in [0, 0.05) is 28.4 Å². The zero-order chi connectivity index (χ0) is 12.1. The standard InChI is InChI=1S/C14H16BrNO/c15-12-6-8-13(9-7-12)16-10-11-4-2-1-3-5-14(11)17/h6-10,16H,1-5H2. The van der Waals surface area contributed by atoms with Crippen LogP contribution in [-0.2, 0) is 4.79 Å². The van der Waals surface area contributed by atoms with E-state index in [4.69, 9.17) is 0 Å². The third-order valence-corrected chi connectivity index (χ3v) is 3.49. The lowest BCUT2D eigenvalue weighted by Gasteiger charge is -2.04. The van der Waals surface area contributed by atoms with E-state index < -0.39 is 0 Å². The number of hydrogen-bond acceptors (Lipinski definition) is 2. The van der Waals surface area contributed by atoms with Gasteiger partial charge < -0.3 is 5.32 Å². The van der Waals surface area contributed by atoms with Crippen LogP contribution in [0.5, 0.6) is 0 Å². The highest BCUT2D eigenvalue weighted by Crippen LogP contribution is 2.20. The Morgan fingerprint density at radius 2 is 1.76 bits per heavy atom. The number of halogens is 1. The van der Waals surface area contributed by atoms with Crippen LogP contribution in [0.25, 0.3) is 0 Å². The minimum absolute atomic E-state index is 0.298. The summed E-state index contributed by atoms with van der Waals surface area (Å²) in [6, 6.07) is 7.94. The third kappa shape index (κ3) is 3.70. The molecule has 3 heteroatoms. The van der Waals surface area contributed by atoms with E-state index in [0.29, 0.717) is 12.2 Å². The number of carbonyl (C=O) groups is 1. The molecule has 0 aliphatic heterocycles. The maximum atomic E-state index is 11.8. The van der Waals surface area contributed by atoms with Gasteiger partial charge in [0.2, 0.25) is 0 Å². The summed E-state index contributed by atoms with van der Waals surface area (Å²) in [5, 5.41) is 3.20. The van der Waals surface area contributed by atoms with E-state index in [1.165, 1.54) is 6.42 Å². The number of carbonyl (C=O) groups excluding carboxylic acids is 1. The summed E-state index contributed by atoms with van der Waals surface area (Å²) in [5.41, 5.74) is 1.95. The molecule has 0 unspecified atom stereocenters. The van der Waals surface area contributed by atoms with E-state index in [9.17, 15) is 4.79 Å². The van der Waals surface area contributed by atoms with Crippen LogP contribution in [0.2, 0.25) is 0 Å². The van der Waals surface area contributed by atoms with Gasteiger partial charge in [0.15, 0.2) is 5.78 Å². The van der Waals surface area contributed by atoms with Crippen LogP contribution in [0.15, 0.2) is 40.5 Å². The molecule has 1 saturated carbocycles. The van der Waals surface area contributed by atoms with E-state index in [-0.39, 0.29) is 0 Å². The van der Waals surface area contributed by atoms with Gasteiger partial charge in [-0.05, 0) is 43.5 Å². The van der Waals surface area contributed by atoms with Crippen LogP contribution in [0.4, 0.5) is 5.69 Å². The van der Waals surface area contributed by atoms with E-state index in [0.717, 1.165) is 35.0 Å². The molecular formula is C14H16BrNO. The molecule has 1 aliphatic carbocycles. The van der Waals surface area contributed by atoms with Crippen molar-refractivity contribution >= 4 is 27.4 Å². The molecule has 2 nitrogen and oxygen atoms in total. The lowest BCUT2D eigenvalue weighted by atomic mass is 10.1. The summed E-state index contributed by atoms with van der Waals surface area (Å²) in [6.07, 6.45) is 6.81. The smallest absolute Gasteiger partial charge is 0.160 e. The molecular weight excluding hydrogens is 278 g/mol. The van der Waals surface area contributed by atoms with Crippen LogP contribution in [-0.4, -0.2) is 5.78 Å². The molecule has 1 aromatic carbocycles. The summed E-state index contributed by atoms with van der Waals surface area (Å²) in [5.74, 6) is 0.298. The Balaban J connectivity index is 2.03. The first-order valence-corrected chi connectivity index (χ1v) is 6.79. The van der Waals surface area contributed by atoms with E-state index in [1.54, 1.807) is 0 Å². The van der Waals surface area contributed by atoms with Gasteiger partial charge in [0.05, 0.1) is 0 Å². The molecule has 0 amide bonds. The van der Waals surface area contributed by atoms with Crippen molar-refractivity contribution in [1.82, 2.24) is 0 Å². The molecule has 90 valence electrons. The van der Waals surface area contributed by atoms with Crippen molar-refractivity contribution in [3.05, 3.63) is 40.5 Å². The molecule has 0 spiro atoms. The maximum Gasteiger partial charge on any atom is 0.160 e. The van der Waals surface area contributed by atoms with Crippen LogP contribution in [0.1, 0.15) is 32.1 Å². The largest absolute Gasteiger partial charge is 0.361 e. The van der Waals surface area contributed by atoms with Crippen LogP contribution in [0, 0.1) is 0 Å². The summed E-state index contributed by atoms with van der Waals surface area (Å²) in [7, 11) is 0. The van der Waals surface area contributed by atoms with Gasteiger partial charge in [-0.1, -0.05) is 22.4 Å². The Morgan fingerprint density at radius 1 is 1.06 bits per heavy atom. The van der Waals surface area contributed by atoms with Crippen LogP contribution >= 0.6 is 15.9 Å². The van der Waals surface area contributed by atoms with Crippen molar-refractivity contribution in [2.24, 2.45) is 0 Å². The number of Topliss-reactive ketones (excluding diaryl/α,β-unsaturated/α-hetero) is 1. The lowest BCUT2D eigenvalue weighted by Crippen LogP contribution is -2.02. The number of rotatable bonds is 2. The van der Waals surface area contributed by atoms with Gasteiger partial charge in [-0.2, -0.15) is 0 Å². The van der Waals surface area contributed by atoms with E-state index >= 15 is 0 Å². The van der Waals surface area contributed by atoms with Gasteiger partial charge in [-0.25, -0.2) is 0 Å². The van der Waals surface area contributed by atoms with E-state index in [2.05, 4.69) is 21.2 Å². The van der Waals surface area contributed by atoms with Crippen molar-refractivity contribution in [2.45, 2.75) is 32.1 Å². The quantitative estimate of drug-likeness (QED) is 0.651. The molecule has 17 heavy (non-hydrogen) atoms. The second kappa shape index (κ2) is 6.01. The highest BCUT2D eigenvalue weighted by atomic mass is 79.9. The predicted octanol–water partition coefficient (Wildman–Crippen LogP) is 4.28. The number of hydrogen-bond donors (Lipinski definition) is 1. The van der Waals surface area contributed by atoms with Crippen molar-refractivity contribution in [1.29, 1.82) is 0 Å². The topological polar surface area (TPSA) is 29.1 Å². The molecule has 0 saturated heterocycles. The molecule has 1 aliphatic rings. The predicted molar refractivity (Wildman–Crippen MR) is 73.9 cm³/mol. The number of ketones is 1. The summed E-state index contributed by atoms with van der Waals surface area (Å²) in [4.78, 5) is 11.8. The maximum absolute atomic E-state index is 11.8. The molecule has 1 fully saturated rings. The van der Waals surface area contributed by atoms with Crippen molar-refractivity contribution in [3.63, 3.8) is 0 Å². The Bertz CT molecular complexity index is 422. The summed E-state index contributed by atoms with van der Waals surface area (Å²) in [6.45, 7) is 0. The number of anilines is 1. The van der Waals surface area contributed by atoms with Gasteiger partial charge in [0.1, 0.15) is 0 Å². The zero-order valence-corrected chi connectivity index (χ0v) is 11.3. The SMILES string of the molecule is O=C1CCCCCC1=CNc1ccc(Br)cc1. The first-order chi connectivity index (χ1) is 8.25. The number of nitrogens with one attached hydrogen (secondary N) is 1. The number of benzene rings is 1. The Kier molecular flexibility index (Phi) is 4.37. The Labute approximate surface area is 110 Å². The van der Waals surface area contributed by atoms with Gasteiger partial charge in [-0.15, -0.1) is 0 Å². The van der Waals surface area contributed by atoms with Crippen molar-refractivity contribution in [2.75, 3.05) is 5.32 Å². The minimum atomic E-state index is 0.298. The second-order valence-electron chi connectivity index (χ2n) is 4.30. The van der Waals surface area contributed by atoms with Gasteiger partial charge in [-0.3, -0.25) is 4.79 Å². The molecule has 1 aromatic rings. The minimum Gasteiger partial charge on any atom is -0.361 e. The molecule has 1 N–H and O–H groups in total. The number of allylic oxidation sites excluding steroid dienone is 1. The lowest BCUT2D eigenvalue weighted by molar-refractivity contribution is -0.115. The highest BCUT2D eigenvalue weighted by molar-refractivity contribution is 9.10. The molecule has 2 rings (SSSR count). The first-order valence-electron chi connectivity index (χ1n) is 6.00. The van der Waals surface area contributed by atoms with Crippen molar-refractivity contribution in [3.8, 4) is 0 Å². The summed E-state index contributed by atoms with van der Waals surface area (Å²) < 4.78 is 1.06. The fraction of sp³-hybridized carbons (Fsp3) is 0.357. The van der Waals surface area contributed by atoms with Crippen LogP contribution in [0.3, 0.4) is 0 Å². The normalized spacial score (nSPS) is 19.1. The zero-order valence-electron chi connectivity index (χ0n) is 9.71. The molecule has 0 radical (unpaired) electrons. The first kappa shape index (κ1) is 12.4. The molecule has 0 heterocycles. The molecule has 0 bridgehead atoms. The summed E-state index contributed by atoms with van der Waals surface area (Å²) >= 11 is 3.40. The third-order valence-electron chi connectivity index (χ3n) is 2.97. The van der Waals surface area contributed by atoms with Crippen molar-refractivity contribution < 1.29 is 4.79 Å². The molecule has 0 atom stereocenters. The molecule has 0 aromatic heterocycles. The fourth-order valence-corrected chi connectivity index (χ4v) is 2.21. The fourth-order valence-electron chi connectivity index (χ4n) is 1.95. The van der Waals surface area contributed by atoms with Gasteiger partial charge >= 0.3 is 0 Å². The monoisotopic (exact) mass is 293 g/mol. The Morgan fingerprint density at radius 3 is 2.53 bits per heavy atom. The second-order valence-corrected chi connectivity index (χ2v) is 5.22. The average molecular weight is 294 g/mol. The van der Waals surface area contributed by atoms with E-state index in [1.807, 2.05) is 30.5 Å². The van der Waals surface area contributed by atoms with Gasteiger partial charge in [0.25, 0.3) is 0 Å². The highest BCUT2D eigenvalue weighted by Gasteiger charge is 2.12.